The van der Waals surface area contributed by atoms with Gasteiger partial charge in [-0.25, -0.2) is 0 Å². The molecule has 1 aromatic heterocycles. The number of rotatable bonds is 7. The molecule has 6 nitrogen and oxygen atoms in total. The number of hydrogen-bond acceptors (Lipinski definition) is 6. The van der Waals surface area contributed by atoms with Crippen LogP contribution in [0.25, 0.3) is 0 Å². The number of ether oxygens (including phenoxy) is 1. The van der Waals surface area contributed by atoms with E-state index in [9.17, 15) is 0 Å². The Morgan fingerprint density at radius 2 is 2.05 bits per heavy atom. The summed E-state index contributed by atoms with van der Waals surface area (Å²) in [5.41, 5.74) is 5.54. The van der Waals surface area contributed by atoms with Crippen LogP contribution >= 0.6 is 0 Å². The van der Waals surface area contributed by atoms with Gasteiger partial charge >= 0.3 is 0 Å². The SMILES string of the molecule is COc1cncc(N2CCCN(CCCCCN)CC2)n1. The van der Waals surface area contributed by atoms with Gasteiger partial charge in [0.1, 0.15) is 0 Å². The molecule has 0 aromatic carbocycles. The molecule has 2 rings (SSSR count). The Balaban J connectivity index is 1.82. The standard InChI is InChI=1S/C15H27N5O/c1-21-15-13-17-12-14(18-15)20-9-5-8-19(10-11-20)7-4-2-3-6-16/h12-13H,2-11,16H2,1H3. The zero-order valence-corrected chi connectivity index (χ0v) is 13.0. The summed E-state index contributed by atoms with van der Waals surface area (Å²) in [5.74, 6) is 1.50. The molecule has 1 aliphatic heterocycles. The van der Waals surface area contributed by atoms with Crippen LogP contribution in [0.4, 0.5) is 5.82 Å². The summed E-state index contributed by atoms with van der Waals surface area (Å²) in [7, 11) is 1.62. The fraction of sp³-hybridized carbons (Fsp3) is 0.733. The van der Waals surface area contributed by atoms with E-state index in [0.717, 1.165) is 51.4 Å². The molecular formula is C15H27N5O. The van der Waals surface area contributed by atoms with Gasteiger partial charge in [0.15, 0.2) is 5.82 Å². The third-order valence-corrected chi connectivity index (χ3v) is 3.90. The molecular weight excluding hydrogens is 266 g/mol. The van der Waals surface area contributed by atoms with E-state index < -0.39 is 0 Å². The number of anilines is 1. The second-order valence-corrected chi connectivity index (χ2v) is 5.45. The van der Waals surface area contributed by atoms with Crippen LogP contribution in [0.1, 0.15) is 25.7 Å². The molecule has 0 amide bonds. The Hall–Kier alpha value is -1.40. The number of nitrogens with zero attached hydrogens (tertiary/aromatic N) is 4. The Morgan fingerprint density at radius 3 is 2.86 bits per heavy atom. The molecule has 0 atom stereocenters. The second-order valence-electron chi connectivity index (χ2n) is 5.45. The van der Waals surface area contributed by atoms with Crippen LogP contribution < -0.4 is 15.4 Å². The summed E-state index contributed by atoms with van der Waals surface area (Å²) >= 11 is 0. The zero-order valence-electron chi connectivity index (χ0n) is 13.0. The second kappa shape index (κ2) is 8.79. The van der Waals surface area contributed by atoms with E-state index in [-0.39, 0.29) is 0 Å². The lowest BCUT2D eigenvalue weighted by Gasteiger charge is -2.22. The van der Waals surface area contributed by atoms with Crippen molar-refractivity contribution in [3.63, 3.8) is 0 Å². The van der Waals surface area contributed by atoms with Crippen molar-refractivity contribution in [2.24, 2.45) is 5.73 Å². The first-order valence-corrected chi connectivity index (χ1v) is 7.87. The Morgan fingerprint density at radius 1 is 1.14 bits per heavy atom. The van der Waals surface area contributed by atoms with Crippen LogP contribution in [-0.2, 0) is 0 Å². The topological polar surface area (TPSA) is 67.5 Å². The van der Waals surface area contributed by atoms with E-state index in [1.54, 1.807) is 13.3 Å². The minimum Gasteiger partial charge on any atom is -0.480 e. The number of hydrogen-bond donors (Lipinski definition) is 1. The summed E-state index contributed by atoms with van der Waals surface area (Å²) < 4.78 is 5.15. The van der Waals surface area contributed by atoms with Gasteiger partial charge in [-0.05, 0) is 38.9 Å². The summed E-state index contributed by atoms with van der Waals surface area (Å²) in [5, 5.41) is 0. The van der Waals surface area contributed by atoms with Crippen molar-refractivity contribution >= 4 is 5.82 Å². The van der Waals surface area contributed by atoms with Crippen molar-refractivity contribution in [3.8, 4) is 5.88 Å². The average Bonchev–Trinajstić information content (AvgIpc) is 2.77. The average molecular weight is 293 g/mol. The largest absolute Gasteiger partial charge is 0.480 e. The number of unbranched alkanes of at least 4 members (excludes halogenated alkanes) is 2. The van der Waals surface area contributed by atoms with E-state index in [1.807, 2.05) is 6.20 Å². The Labute approximate surface area is 127 Å². The molecule has 0 unspecified atom stereocenters. The minimum absolute atomic E-state index is 0.579. The highest BCUT2D eigenvalue weighted by atomic mass is 16.5. The Kier molecular flexibility index (Phi) is 6.69. The van der Waals surface area contributed by atoms with Crippen LogP contribution in [0.5, 0.6) is 5.88 Å². The zero-order chi connectivity index (χ0) is 14.9. The lowest BCUT2D eigenvalue weighted by atomic mass is 10.2. The quantitative estimate of drug-likeness (QED) is 0.760. The first kappa shape index (κ1) is 16.0. The summed E-state index contributed by atoms with van der Waals surface area (Å²) in [6, 6.07) is 0. The minimum atomic E-state index is 0.579. The number of aromatic nitrogens is 2. The maximum absolute atomic E-state index is 5.54. The summed E-state index contributed by atoms with van der Waals surface area (Å²) in [4.78, 5) is 13.5. The molecule has 1 saturated heterocycles. The molecule has 1 aliphatic rings. The van der Waals surface area contributed by atoms with Crippen LogP contribution in [0.3, 0.4) is 0 Å². The van der Waals surface area contributed by atoms with Gasteiger partial charge in [0.25, 0.3) is 0 Å². The Bertz CT molecular complexity index is 415. The summed E-state index contributed by atoms with van der Waals surface area (Å²) in [6.45, 7) is 6.26. The monoisotopic (exact) mass is 293 g/mol. The molecule has 2 heterocycles. The van der Waals surface area contributed by atoms with Crippen LogP contribution in [0.2, 0.25) is 0 Å². The van der Waals surface area contributed by atoms with Crippen LogP contribution in [-0.4, -0.2) is 61.2 Å². The molecule has 118 valence electrons. The molecule has 21 heavy (non-hydrogen) atoms. The van der Waals surface area contributed by atoms with Gasteiger partial charge in [0.05, 0.1) is 19.5 Å². The maximum atomic E-state index is 5.54. The molecule has 1 aromatic rings. The fourth-order valence-corrected chi connectivity index (χ4v) is 2.67. The van der Waals surface area contributed by atoms with Gasteiger partial charge in [-0.15, -0.1) is 0 Å². The van der Waals surface area contributed by atoms with Crippen molar-refractivity contribution < 1.29 is 4.74 Å². The van der Waals surface area contributed by atoms with Crippen molar-refractivity contribution in [1.82, 2.24) is 14.9 Å². The van der Waals surface area contributed by atoms with Gasteiger partial charge in [-0.1, -0.05) is 6.42 Å². The van der Waals surface area contributed by atoms with E-state index in [4.69, 9.17) is 10.5 Å². The molecule has 1 fully saturated rings. The van der Waals surface area contributed by atoms with Crippen LogP contribution in [0.15, 0.2) is 12.4 Å². The fourth-order valence-electron chi connectivity index (χ4n) is 2.67. The lowest BCUT2D eigenvalue weighted by Crippen LogP contribution is -2.31. The third-order valence-electron chi connectivity index (χ3n) is 3.90. The first-order chi connectivity index (χ1) is 10.3. The number of nitrogens with two attached hydrogens (primary N) is 1. The van der Waals surface area contributed by atoms with Crippen LogP contribution in [0, 0.1) is 0 Å². The van der Waals surface area contributed by atoms with Gasteiger partial charge in [0.2, 0.25) is 5.88 Å². The number of methoxy groups -OCH3 is 1. The van der Waals surface area contributed by atoms with E-state index in [1.165, 1.54) is 19.4 Å². The molecule has 0 spiro atoms. The predicted molar refractivity (Wildman–Crippen MR) is 84.8 cm³/mol. The van der Waals surface area contributed by atoms with E-state index in [0.29, 0.717) is 5.88 Å². The maximum Gasteiger partial charge on any atom is 0.233 e. The highest BCUT2D eigenvalue weighted by Gasteiger charge is 2.16. The lowest BCUT2D eigenvalue weighted by molar-refractivity contribution is 0.286. The molecule has 0 bridgehead atoms. The molecule has 0 saturated carbocycles. The van der Waals surface area contributed by atoms with Crippen molar-refractivity contribution in [3.05, 3.63) is 12.4 Å². The van der Waals surface area contributed by atoms with Gasteiger partial charge in [0, 0.05) is 19.6 Å². The first-order valence-electron chi connectivity index (χ1n) is 7.87. The highest BCUT2D eigenvalue weighted by molar-refractivity contribution is 5.37. The summed E-state index contributed by atoms with van der Waals surface area (Å²) in [6.07, 6.45) is 8.24. The normalized spacial score (nSPS) is 16.8. The predicted octanol–water partition coefficient (Wildman–Crippen LogP) is 1.13. The van der Waals surface area contributed by atoms with Crippen molar-refractivity contribution in [2.45, 2.75) is 25.7 Å². The van der Waals surface area contributed by atoms with Gasteiger partial charge in [-0.3, -0.25) is 4.98 Å². The van der Waals surface area contributed by atoms with Crippen molar-refractivity contribution in [2.75, 3.05) is 51.3 Å². The van der Waals surface area contributed by atoms with Gasteiger partial charge < -0.3 is 20.3 Å². The van der Waals surface area contributed by atoms with E-state index in [2.05, 4.69) is 19.8 Å². The molecule has 2 N–H and O–H groups in total. The third kappa shape index (κ3) is 5.13. The van der Waals surface area contributed by atoms with Crippen molar-refractivity contribution in [1.29, 1.82) is 0 Å². The smallest absolute Gasteiger partial charge is 0.233 e. The molecule has 6 heteroatoms. The van der Waals surface area contributed by atoms with Gasteiger partial charge in [-0.2, -0.15) is 4.98 Å². The molecule has 0 aliphatic carbocycles. The highest BCUT2D eigenvalue weighted by Crippen LogP contribution is 2.16. The van der Waals surface area contributed by atoms with E-state index >= 15 is 0 Å². The molecule has 0 radical (unpaired) electrons.